The molecule has 1 aliphatic heterocycles. The maximum Gasteiger partial charge on any atom is 0.175 e. The fraction of sp³-hybridized carbons (Fsp3) is 0.0909. The number of benzene rings is 1. The first-order valence-electron chi connectivity index (χ1n) is 17.6. The molecule has 0 saturated carbocycles. The molecule has 0 saturated heterocycles. The standard InChI is InChI=1S/C12H8N3.C12H6N2O3S.C10H12N3.C10H8N2O.4Rh.H2/c1-2-6-10-9(5-1)14-12(15-10)11-7-3-4-8-13-11;1-2-3-4-7-10-18(16,17)14-12(15)11-8-5-6-9-13-11;1-7-8(2)13-10(12-7)9-5-3-4-6-11-9;13-8-4-6-12-10(7-8)9-3-1-2-5-11-9;;;;;/h1-8H;1,5-6,8-9H,(H,14,15);3-8H,1-2H3;1-7H,(H,12,13);;;;;1H/q-1;;-1;;;;;;/p-2. The van der Waals surface area contributed by atoms with Crippen molar-refractivity contribution in [1.29, 1.82) is 0 Å². The molecule has 2 atom stereocenters. The number of amidine groups is 1. The van der Waals surface area contributed by atoms with Gasteiger partial charge in [0.15, 0.2) is 15.5 Å². The van der Waals surface area contributed by atoms with E-state index in [1.165, 1.54) is 36.7 Å². The molecule has 2 unspecified atom stereocenters. The van der Waals surface area contributed by atoms with E-state index in [1.54, 1.807) is 29.9 Å². The van der Waals surface area contributed by atoms with E-state index in [1.807, 2.05) is 90.7 Å². The first kappa shape index (κ1) is 55.3. The number of hydrogen-bond donors (Lipinski definition) is 0. The summed E-state index contributed by atoms with van der Waals surface area (Å²) in [6.45, 7) is 4.15. The summed E-state index contributed by atoms with van der Waals surface area (Å²) in [5.74, 6) is 8.62. The zero-order valence-electron chi connectivity index (χ0n) is 32.9. The van der Waals surface area contributed by atoms with Crippen LogP contribution in [-0.4, -0.2) is 57.2 Å². The van der Waals surface area contributed by atoms with E-state index in [0.29, 0.717) is 11.5 Å². The number of pyridine rings is 5. The normalized spacial score (nSPS) is 12.6. The number of hydrogen-bond acceptors (Lipinski definition) is 10. The second-order valence-corrected chi connectivity index (χ2v) is 13.2. The van der Waals surface area contributed by atoms with Crippen molar-refractivity contribution in [2.75, 3.05) is 0 Å². The molecule has 330 valence electrons. The topological polar surface area (TPSA) is 201 Å². The van der Waals surface area contributed by atoms with Crippen molar-refractivity contribution in [3.8, 4) is 58.3 Å². The minimum atomic E-state index is -4.21. The molecule has 6 aromatic heterocycles. The van der Waals surface area contributed by atoms with E-state index >= 15 is 0 Å². The average molecular weight is 1210 g/mol. The number of para-hydroxylation sites is 2. The van der Waals surface area contributed by atoms with Crippen LogP contribution in [0.25, 0.3) is 44.0 Å². The molecule has 14 nitrogen and oxygen atoms in total. The van der Waals surface area contributed by atoms with Gasteiger partial charge in [0, 0.05) is 121 Å². The van der Waals surface area contributed by atoms with Gasteiger partial charge in [-0.3, -0.25) is 24.7 Å². The number of nitrogens with zero attached hydrogens (tertiary/aromatic N) is 10. The number of carbonyl (C=O) groups excluding carboxylic acids is 1. The largest absolute Gasteiger partial charge is 0.662 e. The van der Waals surface area contributed by atoms with E-state index < -0.39 is 15.9 Å². The van der Waals surface area contributed by atoms with E-state index in [9.17, 15) is 18.0 Å². The van der Waals surface area contributed by atoms with Crippen molar-refractivity contribution in [3.05, 3.63) is 172 Å². The molecule has 7 aromatic rings. The van der Waals surface area contributed by atoms with Gasteiger partial charge >= 0.3 is 0 Å². The van der Waals surface area contributed by atoms with Crippen molar-refractivity contribution in [3.63, 3.8) is 0 Å². The predicted molar refractivity (Wildman–Crippen MR) is 228 cm³/mol. The smallest absolute Gasteiger partial charge is 0.175 e. The molecule has 0 N–H and O–H groups in total. The third-order valence-corrected chi connectivity index (χ3v) is 8.36. The van der Waals surface area contributed by atoms with Gasteiger partial charge in [-0.2, -0.15) is 6.20 Å². The number of rotatable bonds is 5. The number of carbonyl (C=O) groups is 1. The van der Waals surface area contributed by atoms with Crippen LogP contribution in [0.4, 0.5) is 0 Å². The first-order valence-corrected chi connectivity index (χ1v) is 19.0. The van der Waals surface area contributed by atoms with Crippen LogP contribution in [0.5, 0.6) is 0 Å². The van der Waals surface area contributed by atoms with Crippen molar-refractivity contribution in [2.45, 2.75) is 25.9 Å². The van der Waals surface area contributed by atoms with Crippen LogP contribution in [-0.2, 0) is 87.9 Å². The summed E-state index contributed by atoms with van der Waals surface area (Å²) in [7, 11) is -4.21. The van der Waals surface area contributed by atoms with Gasteiger partial charge in [0.05, 0.1) is 17.1 Å². The van der Waals surface area contributed by atoms with E-state index in [-0.39, 0.29) is 103 Å². The second kappa shape index (κ2) is 28.8. The van der Waals surface area contributed by atoms with Gasteiger partial charge in [0.1, 0.15) is 5.91 Å². The van der Waals surface area contributed by atoms with Gasteiger partial charge in [0.2, 0.25) is 0 Å². The second-order valence-electron chi connectivity index (χ2n) is 11.8. The summed E-state index contributed by atoms with van der Waals surface area (Å²) >= 11 is 0. The van der Waals surface area contributed by atoms with Crippen LogP contribution < -0.4 is 15.4 Å². The number of aliphatic imine (C=N–C) groups is 1. The van der Waals surface area contributed by atoms with Crippen LogP contribution in [0.3, 0.4) is 0 Å². The quantitative estimate of drug-likeness (QED) is 0.143. The molecule has 1 aromatic carbocycles. The Kier molecular flexibility index (Phi) is 25.3. The molecule has 0 fully saturated rings. The van der Waals surface area contributed by atoms with Gasteiger partial charge in [0.25, 0.3) is 0 Å². The SMILES string of the molecule is C#CC#CC#CS(=O)(=O)[N-]C(=O)c1ccccn1.CC1N=C(c2ccccn2)[N-]C1C.O=c1cc[n-]c(-c2ccccn2)c1.[HH].[Rh].[Rh].[Rh].[Rh].c1ccc(-c2nc3ccccc3[n-]2)nc1. The van der Waals surface area contributed by atoms with Gasteiger partial charge in [-0.05, 0) is 113 Å². The molecular formula is C44H34N10O4Rh4S-4. The predicted octanol–water partition coefficient (Wildman–Crippen LogP) is 6.07. The third-order valence-electron chi connectivity index (χ3n) is 7.60. The Morgan fingerprint density at radius 1 is 0.730 bits per heavy atom. The monoisotopic (exact) mass is 1210 g/mol. The Balaban J connectivity index is 0.000000811. The minimum Gasteiger partial charge on any atom is -0.662 e. The van der Waals surface area contributed by atoms with Gasteiger partial charge in [-0.15, -0.1) is 12.1 Å². The van der Waals surface area contributed by atoms with Crippen LogP contribution >= 0.6 is 0 Å². The molecule has 1 aliphatic rings. The van der Waals surface area contributed by atoms with Crippen LogP contribution in [0, 0.1) is 35.4 Å². The third kappa shape index (κ3) is 18.3. The van der Waals surface area contributed by atoms with Gasteiger partial charge in [-0.1, -0.05) is 62.4 Å². The Morgan fingerprint density at radius 2 is 1.32 bits per heavy atom. The summed E-state index contributed by atoms with van der Waals surface area (Å²) in [5.41, 5.74) is 4.73. The zero-order valence-corrected chi connectivity index (χ0v) is 40.2. The summed E-state index contributed by atoms with van der Waals surface area (Å²) in [5, 5.41) is 6.16. The summed E-state index contributed by atoms with van der Waals surface area (Å²) in [6.07, 6.45) is 12.8. The molecule has 8 rings (SSSR count). The first-order chi connectivity index (χ1) is 28.6. The van der Waals surface area contributed by atoms with Crippen molar-refractivity contribution < 1.29 is 92.6 Å². The summed E-state index contributed by atoms with van der Waals surface area (Å²) < 4.78 is 25.5. The molecule has 1 amide bonds. The number of terminal acetylenes is 1. The maximum absolute atomic E-state index is 11.4. The van der Waals surface area contributed by atoms with Crippen molar-refractivity contribution in [1.82, 2.24) is 34.9 Å². The van der Waals surface area contributed by atoms with Crippen LogP contribution in [0.15, 0.2) is 150 Å². The molecule has 7 heterocycles. The fourth-order valence-corrected chi connectivity index (χ4v) is 5.21. The zero-order chi connectivity index (χ0) is 41.9. The Bertz CT molecular complexity index is 2840. The number of sulfonamides is 1. The van der Waals surface area contributed by atoms with Gasteiger partial charge < -0.3 is 34.8 Å². The molecule has 19 heteroatoms. The Labute approximate surface area is 417 Å². The number of imidazole rings is 1. The fourth-order valence-electron chi connectivity index (χ4n) is 4.67. The number of amides is 1. The molecule has 0 bridgehead atoms. The maximum atomic E-state index is 11.4. The Hall–Kier alpha value is -5.70. The van der Waals surface area contributed by atoms with E-state index in [4.69, 9.17) is 6.42 Å². The Morgan fingerprint density at radius 3 is 1.86 bits per heavy atom. The van der Waals surface area contributed by atoms with Crippen LogP contribution in [0.1, 0.15) is 31.5 Å². The van der Waals surface area contributed by atoms with E-state index in [0.717, 1.165) is 34.0 Å². The van der Waals surface area contributed by atoms with Crippen molar-refractivity contribution >= 4 is 32.8 Å². The van der Waals surface area contributed by atoms with E-state index in [2.05, 4.69) is 75.6 Å². The average Bonchev–Trinajstić information content (AvgIpc) is 3.86. The molecule has 0 spiro atoms. The number of aromatic nitrogens is 7. The van der Waals surface area contributed by atoms with Gasteiger partial charge in [-0.25, -0.2) is 8.42 Å². The molecule has 4 radical (unpaired) electrons. The summed E-state index contributed by atoms with van der Waals surface area (Å²) in [4.78, 5) is 55.9. The number of fused-ring (bicyclic) bond motifs is 1. The van der Waals surface area contributed by atoms with Crippen molar-refractivity contribution in [2.24, 2.45) is 4.99 Å². The van der Waals surface area contributed by atoms with Crippen LogP contribution in [0.2, 0.25) is 0 Å². The molecular weight excluding hydrogens is 1180 g/mol. The molecule has 63 heavy (non-hydrogen) atoms. The summed E-state index contributed by atoms with van der Waals surface area (Å²) in [6, 6.07) is 32.8. The minimum absolute atomic E-state index is 0. The molecule has 0 aliphatic carbocycles.